The molecule has 1 aromatic carbocycles. The van der Waals surface area contributed by atoms with Gasteiger partial charge in [-0.15, -0.1) is 11.3 Å². The Bertz CT molecular complexity index is 924. The van der Waals surface area contributed by atoms with Gasteiger partial charge in [0.2, 0.25) is 5.91 Å². The Kier molecular flexibility index (Phi) is 6.48. The number of piperidine rings is 1. The van der Waals surface area contributed by atoms with E-state index in [1.54, 1.807) is 48.7 Å². The van der Waals surface area contributed by atoms with Crippen LogP contribution in [0, 0.1) is 5.92 Å². The second-order valence-corrected chi connectivity index (χ2v) is 9.53. The number of hydrogen-bond donors (Lipinski definition) is 1. The molecule has 1 aromatic heterocycles. The summed E-state index contributed by atoms with van der Waals surface area (Å²) in [6, 6.07) is 9.71. The van der Waals surface area contributed by atoms with Crippen molar-refractivity contribution in [1.29, 1.82) is 0 Å². The SMILES string of the molecule is CCOC(=O)c1ccc(NC(=O)[C@@H]2CCCN(S(=O)(=O)c3cccs3)C2)cc1. The van der Waals surface area contributed by atoms with Crippen LogP contribution in [0.5, 0.6) is 0 Å². The first-order chi connectivity index (χ1) is 13.4. The maximum absolute atomic E-state index is 12.7. The van der Waals surface area contributed by atoms with E-state index in [2.05, 4.69) is 5.32 Å². The normalized spacial score (nSPS) is 17.8. The van der Waals surface area contributed by atoms with Crippen LogP contribution in [-0.2, 0) is 19.6 Å². The van der Waals surface area contributed by atoms with Gasteiger partial charge in [-0.2, -0.15) is 4.31 Å². The molecule has 1 aliphatic heterocycles. The zero-order chi connectivity index (χ0) is 20.1. The Morgan fingerprint density at radius 3 is 2.64 bits per heavy atom. The van der Waals surface area contributed by atoms with Crippen LogP contribution in [0.1, 0.15) is 30.1 Å². The van der Waals surface area contributed by atoms with Gasteiger partial charge >= 0.3 is 5.97 Å². The monoisotopic (exact) mass is 422 g/mol. The second kappa shape index (κ2) is 8.85. The fraction of sp³-hybridized carbons (Fsp3) is 0.368. The van der Waals surface area contributed by atoms with Gasteiger partial charge in [-0.05, 0) is 55.5 Å². The van der Waals surface area contributed by atoms with E-state index in [0.29, 0.717) is 41.5 Å². The molecule has 0 unspecified atom stereocenters. The van der Waals surface area contributed by atoms with Crippen molar-refractivity contribution in [3.63, 3.8) is 0 Å². The molecule has 1 saturated heterocycles. The minimum Gasteiger partial charge on any atom is -0.462 e. The molecule has 0 bridgehead atoms. The number of thiophene rings is 1. The Morgan fingerprint density at radius 1 is 1.25 bits per heavy atom. The van der Waals surface area contributed by atoms with Gasteiger partial charge in [0.25, 0.3) is 10.0 Å². The van der Waals surface area contributed by atoms with Crippen molar-refractivity contribution in [2.75, 3.05) is 25.0 Å². The third-order valence-corrected chi connectivity index (χ3v) is 7.75. The topological polar surface area (TPSA) is 92.8 Å². The number of anilines is 1. The second-order valence-electron chi connectivity index (χ2n) is 6.42. The molecule has 1 fully saturated rings. The van der Waals surface area contributed by atoms with Crippen molar-refractivity contribution in [2.45, 2.75) is 24.0 Å². The molecular formula is C19H22N2O5S2. The molecule has 1 N–H and O–H groups in total. The van der Waals surface area contributed by atoms with Crippen LogP contribution in [0.25, 0.3) is 0 Å². The summed E-state index contributed by atoms with van der Waals surface area (Å²) in [5.41, 5.74) is 0.960. The van der Waals surface area contributed by atoms with Crippen molar-refractivity contribution >= 4 is 38.9 Å². The molecule has 0 spiro atoms. The predicted molar refractivity (Wildman–Crippen MR) is 107 cm³/mol. The Morgan fingerprint density at radius 2 is 2.00 bits per heavy atom. The Balaban J connectivity index is 1.64. The van der Waals surface area contributed by atoms with Gasteiger partial charge in [-0.3, -0.25) is 4.79 Å². The van der Waals surface area contributed by atoms with Gasteiger partial charge in [-0.25, -0.2) is 13.2 Å². The number of rotatable bonds is 6. The van der Waals surface area contributed by atoms with E-state index in [1.807, 2.05) is 0 Å². The molecule has 2 aromatic rings. The number of carbonyl (C=O) groups is 2. The number of ether oxygens (including phenoxy) is 1. The lowest BCUT2D eigenvalue weighted by Gasteiger charge is -2.30. The van der Waals surface area contributed by atoms with Gasteiger partial charge in [0, 0.05) is 18.8 Å². The first-order valence-corrected chi connectivity index (χ1v) is 11.4. The largest absolute Gasteiger partial charge is 0.462 e. The number of benzene rings is 1. The van der Waals surface area contributed by atoms with Crippen LogP contribution in [0.2, 0.25) is 0 Å². The van der Waals surface area contributed by atoms with Crippen molar-refractivity contribution < 1.29 is 22.7 Å². The number of nitrogens with zero attached hydrogens (tertiary/aromatic N) is 1. The van der Waals surface area contributed by atoms with Gasteiger partial charge in [0.05, 0.1) is 18.1 Å². The molecule has 0 radical (unpaired) electrons. The molecule has 1 amide bonds. The first kappa shape index (κ1) is 20.5. The van der Waals surface area contributed by atoms with Crippen molar-refractivity contribution in [3.05, 3.63) is 47.3 Å². The molecule has 3 rings (SSSR count). The van der Waals surface area contributed by atoms with Crippen LogP contribution < -0.4 is 5.32 Å². The van der Waals surface area contributed by atoms with E-state index in [0.717, 1.165) is 0 Å². The highest BCUT2D eigenvalue weighted by Gasteiger charge is 2.33. The van der Waals surface area contributed by atoms with Crippen LogP contribution in [-0.4, -0.2) is 44.3 Å². The molecule has 9 heteroatoms. The lowest BCUT2D eigenvalue weighted by Crippen LogP contribution is -2.43. The number of sulfonamides is 1. The van der Waals surface area contributed by atoms with E-state index in [4.69, 9.17) is 4.74 Å². The molecule has 0 aliphatic carbocycles. The number of nitrogens with one attached hydrogen (secondary N) is 1. The van der Waals surface area contributed by atoms with Crippen LogP contribution in [0.4, 0.5) is 5.69 Å². The van der Waals surface area contributed by atoms with Crippen molar-refractivity contribution in [3.8, 4) is 0 Å². The average Bonchev–Trinajstić information content (AvgIpc) is 3.24. The third kappa shape index (κ3) is 4.60. The zero-order valence-electron chi connectivity index (χ0n) is 15.5. The maximum Gasteiger partial charge on any atom is 0.338 e. The summed E-state index contributed by atoms with van der Waals surface area (Å²) >= 11 is 1.17. The molecule has 0 saturated carbocycles. The van der Waals surface area contributed by atoms with Gasteiger partial charge in [-0.1, -0.05) is 6.07 Å². The standard InChI is InChI=1S/C19H22N2O5S2/c1-2-26-19(23)14-7-9-16(10-8-14)20-18(22)15-5-3-11-21(13-15)28(24,25)17-6-4-12-27-17/h4,6-10,12,15H,2-3,5,11,13H2,1H3,(H,20,22)/t15-/m1/s1. The molecule has 1 aliphatic rings. The van der Waals surface area contributed by atoms with E-state index in [9.17, 15) is 18.0 Å². The lowest BCUT2D eigenvalue weighted by atomic mass is 9.98. The predicted octanol–water partition coefficient (Wildman–Crippen LogP) is 2.96. The van der Waals surface area contributed by atoms with Gasteiger partial charge in [0.1, 0.15) is 4.21 Å². The third-order valence-electron chi connectivity index (χ3n) is 4.51. The summed E-state index contributed by atoms with van der Waals surface area (Å²) in [5, 5.41) is 4.53. The molecule has 1 atom stereocenters. The highest BCUT2D eigenvalue weighted by atomic mass is 32.2. The number of esters is 1. The first-order valence-electron chi connectivity index (χ1n) is 9.03. The zero-order valence-corrected chi connectivity index (χ0v) is 17.1. The summed E-state index contributed by atoms with van der Waals surface area (Å²) in [5.74, 6) is -1.06. The van der Waals surface area contributed by atoms with Crippen LogP contribution >= 0.6 is 11.3 Å². The van der Waals surface area contributed by atoms with Crippen molar-refractivity contribution in [2.24, 2.45) is 5.92 Å². The van der Waals surface area contributed by atoms with Crippen molar-refractivity contribution in [1.82, 2.24) is 4.31 Å². The van der Waals surface area contributed by atoms with E-state index in [1.165, 1.54) is 15.6 Å². The highest BCUT2D eigenvalue weighted by molar-refractivity contribution is 7.91. The van der Waals surface area contributed by atoms with Gasteiger partial charge < -0.3 is 10.1 Å². The van der Waals surface area contributed by atoms with Crippen LogP contribution in [0.3, 0.4) is 0 Å². The quantitative estimate of drug-likeness (QED) is 0.723. The van der Waals surface area contributed by atoms with Gasteiger partial charge in [0.15, 0.2) is 0 Å². The maximum atomic E-state index is 12.7. The van der Waals surface area contributed by atoms with E-state index < -0.39 is 21.9 Å². The summed E-state index contributed by atoms with van der Waals surface area (Å²) in [6.07, 6.45) is 1.26. The fourth-order valence-electron chi connectivity index (χ4n) is 3.06. The Hall–Kier alpha value is -2.23. The fourth-order valence-corrected chi connectivity index (χ4v) is 5.73. The molecule has 7 nitrogen and oxygen atoms in total. The smallest absolute Gasteiger partial charge is 0.338 e. The summed E-state index contributed by atoms with van der Waals surface area (Å²) in [7, 11) is -3.56. The summed E-state index contributed by atoms with van der Waals surface area (Å²) in [6.45, 7) is 2.60. The lowest BCUT2D eigenvalue weighted by molar-refractivity contribution is -0.120. The average molecular weight is 423 g/mol. The van der Waals surface area contributed by atoms with E-state index >= 15 is 0 Å². The molecule has 28 heavy (non-hydrogen) atoms. The number of hydrogen-bond acceptors (Lipinski definition) is 6. The van der Waals surface area contributed by atoms with Crippen LogP contribution in [0.15, 0.2) is 46.0 Å². The molecule has 2 heterocycles. The summed E-state index contributed by atoms with van der Waals surface area (Å²) in [4.78, 5) is 24.3. The highest BCUT2D eigenvalue weighted by Crippen LogP contribution is 2.27. The number of carbonyl (C=O) groups excluding carboxylic acids is 2. The molecule has 150 valence electrons. The Labute approximate surface area is 168 Å². The minimum absolute atomic E-state index is 0.160. The number of amides is 1. The summed E-state index contributed by atoms with van der Waals surface area (Å²) < 4.78 is 32.0. The molecular weight excluding hydrogens is 400 g/mol. The van der Waals surface area contributed by atoms with E-state index in [-0.39, 0.29) is 12.5 Å². The minimum atomic E-state index is -3.56.